The smallest absolute Gasteiger partial charge is 0.251 e. The third-order valence-corrected chi connectivity index (χ3v) is 8.40. The Labute approximate surface area is 247 Å². The molecule has 3 atom stereocenters. The van der Waals surface area contributed by atoms with Gasteiger partial charge in [-0.1, -0.05) is 93.1 Å². The highest BCUT2D eigenvalue weighted by Crippen LogP contribution is 2.31. The van der Waals surface area contributed by atoms with Crippen molar-refractivity contribution in [2.75, 3.05) is 13.1 Å². The number of Topliss-reactive ketones (excluding diaryl/α,β-unsaturated/α-hetero) is 1. The number of carbonyl (C=O) groups excluding carboxylic acids is 4. The fourth-order valence-corrected chi connectivity index (χ4v) is 5.99. The molecule has 2 heterocycles. The van der Waals surface area contributed by atoms with Crippen molar-refractivity contribution in [2.45, 2.75) is 70.5 Å². The summed E-state index contributed by atoms with van der Waals surface area (Å²) in [5.74, 6) is -0.882. The highest BCUT2D eigenvalue weighted by Gasteiger charge is 2.52. The largest absolute Gasteiger partial charge is 0.340 e. The van der Waals surface area contributed by atoms with Crippen LogP contribution < -0.4 is 5.32 Å². The summed E-state index contributed by atoms with van der Waals surface area (Å²) in [6.45, 7) is 8.69. The molecular weight excluding hydrogens is 526 g/mol. The average Bonchev–Trinajstić information content (AvgIpc) is 3.55. The highest BCUT2D eigenvalue weighted by atomic mass is 16.2. The zero-order valence-electron chi connectivity index (χ0n) is 24.8. The predicted molar refractivity (Wildman–Crippen MR) is 162 cm³/mol. The van der Waals surface area contributed by atoms with Gasteiger partial charge in [-0.15, -0.1) is 0 Å². The Kier molecular flexibility index (Phi) is 8.30. The number of aryl methyl sites for hydroxylation is 1. The Balaban J connectivity index is 1.34. The molecule has 0 unspecified atom stereocenters. The molecule has 2 aliphatic rings. The van der Waals surface area contributed by atoms with Crippen LogP contribution in [0.15, 0.2) is 78.9 Å². The van der Waals surface area contributed by atoms with Gasteiger partial charge in [0.05, 0.1) is 19.0 Å². The zero-order valence-corrected chi connectivity index (χ0v) is 24.8. The first-order chi connectivity index (χ1) is 20.0. The van der Waals surface area contributed by atoms with Crippen LogP contribution in [-0.2, 0) is 32.6 Å². The van der Waals surface area contributed by atoms with Gasteiger partial charge in [0.1, 0.15) is 12.1 Å². The van der Waals surface area contributed by atoms with E-state index in [0.29, 0.717) is 24.9 Å². The Hall–Kier alpha value is -4.26. The monoisotopic (exact) mass is 565 g/mol. The normalized spacial score (nSPS) is 19.0. The van der Waals surface area contributed by atoms with Crippen LogP contribution in [0.4, 0.5) is 0 Å². The van der Waals surface area contributed by atoms with Crippen molar-refractivity contribution in [1.82, 2.24) is 15.1 Å². The van der Waals surface area contributed by atoms with Crippen LogP contribution in [0.25, 0.3) is 0 Å². The van der Waals surface area contributed by atoms with E-state index in [1.807, 2.05) is 73.7 Å². The van der Waals surface area contributed by atoms with E-state index in [0.717, 1.165) is 22.3 Å². The van der Waals surface area contributed by atoms with Gasteiger partial charge in [0.2, 0.25) is 11.8 Å². The fraction of sp³-hybridized carbons (Fsp3) is 0.371. The lowest BCUT2D eigenvalue weighted by atomic mass is 9.86. The first-order valence-electron chi connectivity index (χ1n) is 14.6. The minimum absolute atomic E-state index is 0.000105. The number of nitrogens with one attached hydrogen (secondary N) is 1. The van der Waals surface area contributed by atoms with E-state index in [2.05, 4.69) is 26.1 Å². The Morgan fingerprint density at radius 2 is 1.55 bits per heavy atom. The van der Waals surface area contributed by atoms with E-state index in [-0.39, 0.29) is 47.9 Å². The summed E-state index contributed by atoms with van der Waals surface area (Å²) in [5, 5.41) is 2.97. The van der Waals surface area contributed by atoms with Gasteiger partial charge >= 0.3 is 0 Å². The summed E-state index contributed by atoms with van der Waals surface area (Å²) in [4.78, 5) is 57.1. The Bertz CT molecular complexity index is 1460. The predicted octanol–water partition coefficient (Wildman–Crippen LogP) is 4.26. The molecule has 3 aromatic carbocycles. The number of rotatable bonds is 7. The summed E-state index contributed by atoms with van der Waals surface area (Å²) in [5.41, 5.74) is 4.44. The van der Waals surface area contributed by atoms with Crippen molar-refractivity contribution in [3.8, 4) is 0 Å². The number of likely N-dealkylation sites (tertiary alicyclic amines) is 2. The number of hydrogen-bond donors (Lipinski definition) is 1. The second-order valence-electron chi connectivity index (χ2n) is 12.5. The molecule has 2 fully saturated rings. The Morgan fingerprint density at radius 1 is 0.881 bits per heavy atom. The van der Waals surface area contributed by atoms with Crippen LogP contribution in [0.2, 0.25) is 0 Å². The van der Waals surface area contributed by atoms with Gasteiger partial charge in [-0.05, 0) is 47.6 Å². The van der Waals surface area contributed by atoms with Crippen LogP contribution in [0, 0.1) is 6.92 Å². The van der Waals surface area contributed by atoms with Crippen LogP contribution >= 0.6 is 0 Å². The number of ketones is 1. The van der Waals surface area contributed by atoms with Gasteiger partial charge in [-0.25, -0.2) is 0 Å². The summed E-state index contributed by atoms with van der Waals surface area (Å²) in [6.07, 6.45) is 1.04. The van der Waals surface area contributed by atoms with E-state index in [4.69, 9.17) is 0 Å². The lowest BCUT2D eigenvalue weighted by Gasteiger charge is -2.28. The molecule has 42 heavy (non-hydrogen) atoms. The molecule has 0 aromatic heterocycles. The van der Waals surface area contributed by atoms with Gasteiger partial charge < -0.3 is 15.1 Å². The molecule has 0 aliphatic carbocycles. The quantitative estimate of drug-likeness (QED) is 0.464. The molecule has 0 spiro atoms. The first-order valence-corrected chi connectivity index (χ1v) is 14.6. The summed E-state index contributed by atoms with van der Waals surface area (Å²) < 4.78 is 0. The second-order valence-corrected chi connectivity index (χ2v) is 12.5. The zero-order chi connectivity index (χ0) is 30.0. The molecule has 0 saturated carbocycles. The number of amides is 3. The molecule has 0 bridgehead atoms. The van der Waals surface area contributed by atoms with E-state index in [1.54, 1.807) is 21.9 Å². The molecular formula is C35H39N3O4. The maximum atomic E-state index is 14.1. The van der Waals surface area contributed by atoms with E-state index in [9.17, 15) is 19.2 Å². The standard InChI is InChI=1S/C35H39N3O4/c1-23-10-12-25(13-11-23)20-28(36-33(41)26-14-16-27(17-15-26)35(2,3)4)34(42)37-19-18-29-32(37)30(39)22-38(29)31(40)21-24-8-6-5-7-9-24/h5-17,28-29,32H,18-22H2,1-4H3,(H,36,41)/t28-,29+,32-/m0/s1. The lowest BCUT2D eigenvalue weighted by Crippen LogP contribution is -2.53. The van der Waals surface area contributed by atoms with E-state index in [1.165, 1.54) is 0 Å². The fourth-order valence-electron chi connectivity index (χ4n) is 5.99. The molecule has 7 nitrogen and oxygen atoms in total. The lowest BCUT2D eigenvalue weighted by molar-refractivity contribution is -0.138. The molecule has 3 amide bonds. The average molecular weight is 566 g/mol. The van der Waals surface area contributed by atoms with Crippen molar-refractivity contribution in [2.24, 2.45) is 0 Å². The molecule has 2 saturated heterocycles. The summed E-state index contributed by atoms with van der Waals surface area (Å²) in [7, 11) is 0. The van der Waals surface area contributed by atoms with Gasteiger partial charge in [0, 0.05) is 18.5 Å². The summed E-state index contributed by atoms with van der Waals surface area (Å²) in [6, 6.07) is 22.9. The molecule has 5 rings (SSSR count). The van der Waals surface area contributed by atoms with Crippen molar-refractivity contribution in [1.29, 1.82) is 0 Å². The van der Waals surface area contributed by atoms with Crippen molar-refractivity contribution >= 4 is 23.5 Å². The van der Waals surface area contributed by atoms with Crippen molar-refractivity contribution < 1.29 is 19.2 Å². The molecule has 3 aromatic rings. The van der Waals surface area contributed by atoms with Crippen LogP contribution in [-0.4, -0.2) is 64.5 Å². The highest BCUT2D eigenvalue weighted by molar-refractivity contribution is 6.01. The Morgan fingerprint density at radius 3 is 2.19 bits per heavy atom. The maximum Gasteiger partial charge on any atom is 0.251 e. The number of fused-ring (bicyclic) bond motifs is 1. The van der Waals surface area contributed by atoms with Crippen molar-refractivity contribution in [3.05, 3.63) is 107 Å². The number of benzene rings is 3. The minimum atomic E-state index is -0.858. The van der Waals surface area contributed by atoms with Gasteiger partial charge in [-0.2, -0.15) is 0 Å². The summed E-state index contributed by atoms with van der Waals surface area (Å²) >= 11 is 0. The topological polar surface area (TPSA) is 86.8 Å². The van der Waals surface area contributed by atoms with Crippen LogP contribution in [0.1, 0.15) is 59.8 Å². The third kappa shape index (κ3) is 6.30. The SMILES string of the molecule is Cc1ccc(C[C@H](NC(=O)c2ccc(C(C)(C)C)cc2)C(=O)N2CC[C@@H]3[C@H]2C(=O)CN3C(=O)Cc2ccccc2)cc1. The molecule has 2 aliphatic heterocycles. The second kappa shape index (κ2) is 11.9. The van der Waals surface area contributed by atoms with Gasteiger partial charge in [-0.3, -0.25) is 19.2 Å². The van der Waals surface area contributed by atoms with Gasteiger partial charge in [0.25, 0.3) is 5.91 Å². The third-order valence-electron chi connectivity index (χ3n) is 8.40. The first kappa shape index (κ1) is 29.2. The van der Waals surface area contributed by atoms with E-state index >= 15 is 0 Å². The van der Waals surface area contributed by atoms with Gasteiger partial charge in [0.15, 0.2) is 5.78 Å². The van der Waals surface area contributed by atoms with E-state index < -0.39 is 12.1 Å². The van der Waals surface area contributed by atoms with Crippen LogP contribution in [0.5, 0.6) is 0 Å². The van der Waals surface area contributed by atoms with Crippen LogP contribution in [0.3, 0.4) is 0 Å². The molecule has 0 radical (unpaired) electrons. The number of hydrogen-bond acceptors (Lipinski definition) is 4. The molecule has 218 valence electrons. The maximum absolute atomic E-state index is 14.1. The molecule has 1 N–H and O–H groups in total. The van der Waals surface area contributed by atoms with Crippen molar-refractivity contribution in [3.63, 3.8) is 0 Å². The minimum Gasteiger partial charge on any atom is -0.340 e. The number of carbonyl (C=O) groups is 4. The molecule has 7 heteroatoms. The number of nitrogens with zero attached hydrogens (tertiary/aromatic N) is 2.